The number of rotatable bonds is 6. The maximum absolute atomic E-state index is 13.6. The first-order chi connectivity index (χ1) is 19.3. The van der Waals surface area contributed by atoms with Crippen LogP contribution in [-0.2, 0) is 0 Å². The fourth-order valence-electron chi connectivity index (χ4n) is 6.51. The fourth-order valence-corrected chi connectivity index (χ4v) is 7.79. The van der Waals surface area contributed by atoms with E-state index in [1.54, 1.807) is 0 Å². The van der Waals surface area contributed by atoms with Gasteiger partial charge in [-0.05, 0) is 47.9 Å². The van der Waals surface area contributed by atoms with Crippen molar-refractivity contribution in [1.29, 1.82) is 0 Å². The van der Waals surface area contributed by atoms with Crippen molar-refractivity contribution in [2.75, 3.05) is 13.1 Å². The average molecular weight is 660 g/mol. The summed E-state index contributed by atoms with van der Waals surface area (Å²) in [6.07, 6.45) is 3.24. The lowest BCUT2D eigenvalue weighted by atomic mass is 9.82. The standard InChI is InChI=1S/C32H24Br2N2O4/c1-3-5-11-35-29(37)17-9-7-15-26-22(34)14-20-24-18(30(38)36(32(20)40)12-6-4-2)10-8-16(28(24)26)25-21(33)13-19(31(35)39)23(17)27(15)25/h7-10,13-14H,3-6,11-12H2,1-2H3. The van der Waals surface area contributed by atoms with Crippen LogP contribution < -0.4 is 0 Å². The van der Waals surface area contributed by atoms with Gasteiger partial charge in [-0.2, -0.15) is 0 Å². The average Bonchev–Trinajstić information content (AvgIpc) is 2.94. The van der Waals surface area contributed by atoms with E-state index in [-0.39, 0.29) is 23.6 Å². The summed E-state index contributed by atoms with van der Waals surface area (Å²) in [6, 6.07) is 11.1. The lowest BCUT2D eigenvalue weighted by Gasteiger charge is -2.30. The van der Waals surface area contributed by atoms with Crippen LogP contribution >= 0.6 is 31.9 Å². The molecule has 0 N–H and O–H groups in total. The maximum atomic E-state index is 13.6. The minimum Gasteiger partial charge on any atom is -0.274 e. The third-order valence-corrected chi connectivity index (χ3v) is 9.63. The zero-order chi connectivity index (χ0) is 28.0. The molecule has 2 aliphatic rings. The van der Waals surface area contributed by atoms with Gasteiger partial charge in [-0.1, -0.05) is 70.7 Å². The molecule has 0 atom stereocenters. The van der Waals surface area contributed by atoms with E-state index in [2.05, 4.69) is 31.9 Å². The summed E-state index contributed by atoms with van der Waals surface area (Å²) in [6.45, 7) is 4.83. The normalized spacial score (nSPS) is 15.2. The molecule has 8 heteroatoms. The van der Waals surface area contributed by atoms with Crippen LogP contribution in [-0.4, -0.2) is 46.5 Å². The summed E-state index contributed by atoms with van der Waals surface area (Å²) < 4.78 is 1.46. The minimum absolute atomic E-state index is 0.274. The van der Waals surface area contributed by atoms with Crippen LogP contribution in [0, 0.1) is 0 Å². The van der Waals surface area contributed by atoms with Gasteiger partial charge in [0.1, 0.15) is 0 Å². The van der Waals surface area contributed by atoms with E-state index in [0.29, 0.717) is 46.1 Å². The van der Waals surface area contributed by atoms with Crippen molar-refractivity contribution in [3.8, 4) is 0 Å². The van der Waals surface area contributed by atoms with Crippen molar-refractivity contribution in [1.82, 2.24) is 9.80 Å². The molecule has 0 aromatic heterocycles. The van der Waals surface area contributed by atoms with Crippen molar-refractivity contribution in [3.63, 3.8) is 0 Å². The summed E-state index contributed by atoms with van der Waals surface area (Å²) in [5.74, 6) is -1.11. The second-order valence-corrected chi connectivity index (χ2v) is 12.3. The third-order valence-electron chi connectivity index (χ3n) is 8.38. The van der Waals surface area contributed by atoms with Gasteiger partial charge in [0.15, 0.2) is 0 Å². The molecule has 0 aliphatic carbocycles. The molecule has 5 aromatic rings. The van der Waals surface area contributed by atoms with Crippen molar-refractivity contribution in [2.45, 2.75) is 39.5 Å². The Hall–Kier alpha value is -3.36. The number of hydrogen-bond donors (Lipinski definition) is 0. The molecule has 4 amide bonds. The Labute approximate surface area is 246 Å². The highest BCUT2D eigenvalue weighted by Crippen LogP contribution is 2.50. The summed E-state index contributed by atoms with van der Waals surface area (Å²) >= 11 is 7.51. The number of imide groups is 2. The van der Waals surface area contributed by atoms with Crippen LogP contribution in [0.2, 0.25) is 0 Å². The molecule has 0 unspecified atom stereocenters. The molecule has 40 heavy (non-hydrogen) atoms. The topological polar surface area (TPSA) is 74.8 Å². The molecule has 0 radical (unpaired) electrons. The highest BCUT2D eigenvalue weighted by Gasteiger charge is 2.37. The van der Waals surface area contributed by atoms with Gasteiger partial charge in [0.05, 0.1) is 0 Å². The van der Waals surface area contributed by atoms with Gasteiger partial charge in [0, 0.05) is 76.6 Å². The van der Waals surface area contributed by atoms with Crippen molar-refractivity contribution >= 4 is 98.6 Å². The summed E-state index contributed by atoms with van der Waals surface area (Å²) in [4.78, 5) is 57.0. The Balaban J connectivity index is 1.61. The third kappa shape index (κ3) is 3.20. The highest BCUT2D eigenvalue weighted by atomic mass is 79.9. The fraction of sp³-hybridized carbons (Fsp3) is 0.250. The molecule has 5 aromatic carbocycles. The number of amides is 4. The van der Waals surface area contributed by atoms with Gasteiger partial charge in [-0.25, -0.2) is 0 Å². The van der Waals surface area contributed by atoms with Gasteiger partial charge >= 0.3 is 0 Å². The summed E-state index contributed by atoms with van der Waals surface area (Å²) in [5, 5.41) is 6.39. The lowest BCUT2D eigenvalue weighted by Crippen LogP contribution is -2.41. The first kappa shape index (κ1) is 25.6. The largest absolute Gasteiger partial charge is 0.274 e. The van der Waals surface area contributed by atoms with Crippen LogP contribution in [0.5, 0.6) is 0 Å². The minimum atomic E-state index is -0.283. The van der Waals surface area contributed by atoms with E-state index in [1.165, 1.54) is 9.80 Å². The van der Waals surface area contributed by atoms with Gasteiger partial charge in [0.2, 0.25) is 0 Å². The Kier molecular flexibility index (Phi) is 5.81. The number of nitrogens with zero attached hydrogens (tertiary/aromatic N) is 2. The zero-order valence-corrected chi connectivity index (χ0v) is 25.2. The molecular weight excluding hydrogens is 636 g/mol. The summed E-state index contributed by atoms with van der Waals surface area (Å²) in [7, 11) is 0. The Morgan fingerprint density at radius 2 is 0.900 bits per heavy atom. The van der Waals surface area contributed by atoms with Gasteiger partial charge in [0.25, 0.3) is 23.6 Å². The van der Waals surface area contributed by atoms with Gasteiger partial charge in [-0.15, -0.1) is 0 Å². The van der Waals surface area contributed by atoms with Crippen LogP contribution in [0.25, 0.3) is 43.1 Å². The number of benzene rings is 5. The van der Waals surface area contributed by atoms with Crippen molar-refractivity contribution in [2.24, 2.45) is 0 Å². The molecule has 200 valence electrons. The van der Waals surface area contributed by atoms with E-state index in [1.807, 2.05) is 50.2 Å². The molecule has 6 nitrogen and oxygen atoms in total. The van der Waals surface area contributed by atoms with Crippen LogP contribution in [0.15, 0.2) is 45.3 Å². The number of halogens is 2. The monoisotopic (exact) mass is 658 g/mol. The predicted molar refractivity (Wildman–Crippen MR) is 164 cm³/mol. The first-order valence-corrected chi connectivity index (χ1v) is 15.2. The highest BCUT2D eigenvalue weighted by molar-refractivity contribution is 9.11. The van der Waals surface area contributed by atoms with E-state index in [9.17, 15) is 19.2 Å². The lowest BCUT2D eigenvalue weighted by molar-refractivity contribution is 0.0593. The van der Waals surface area contributed by atoms with E-state index >= 15 is 0 Å². The molecule has 7 rings (SSSR count). The second kappa shape index (κ2) is 9.08. The molecule has 2 aliphatic heterocycles. The maximum Gasteiger partial charge on any atom is 0.261 e. The number of carbonyl (C=O) groups is 4. The van der Waals surface area contributed by atoms with Crippen molar-refractivity contribution < 1.29 is 19.2 Å². The first-order valence-electron chi connectivity index (χ1n) is 13.6. The predicted octanol–water partition coefficient (Wildman–Crippen LogP) is 8.05. The van der Waals surface area contributed by atoms with Crippen molar-refractivity contribution in [3.05, 3.63) is 67.6 Å². The Morgan fingerprint density at radius 3 is 1.27 bits per heavy atom. The van der Waals surface area contributed by atoms with Gasteiger partial charge < -0.3 is 0 Å². The van der Waals surface area contributed by atoms with Crippen LogP contribution in [0.1, 0.15) is 81.0 Å². The smallest absolute Gasteiger partial charge is 0.261 e. The second-order valence-electron chi connectivity index (χ2n) is 10.6. The van der Waals surface area contributed by atoms with E-state index in [4.69, 9.17) is 0 Å². The zero-order valence-electron chi connectivity index (χ0n) is 22.0. The van der Waals surface area contributed by atoms with Crippen LogP contribution in [0.4, 0.5) is 0 Å². The van der Waals surface area contributed by atoms with Gasteiger partial charge in [-0.3, -0.25) is 29.0 Å². The molecule has 0 fully saturated rings. The van der Waals surface area contributed by atoms with Crippen LogP contribution in [0.3, 0.4) is 0 Å². The molecule has 0 saturated carbocycles. The number of hydrogen-bond acceptors (Lipinski definition) is 4. The number of unbranched alkanes of at least 4 members (excludes halogenated alkanes) is 2. The quantitative estimate of drug-likeness (QED) is 0.105. The molecular formula is C32H24Br2N2O4. The van der Waals surface area contributed by atoms with E-state index < -0.39 is 0 Å². The molecule has 0 spiro atoms. The summed E-state index contributed by atoms with van der Waals surface area (Å²) in [5.41, 5.74) is 2.03. The Bertz CT molecular complexity index is 1850. The number of fused-ring (bicyclic) bond motifs is 2. The molecule has 0 bridgehead atoms. The Morgan fingerprint density at radius 1 is 0.525 bits per heavy atom. The SMILES string of the molecule is CCCCN1C(=O)c2ccc3c4c(Br)cc5c6c(ccc(c7c(Br)cc(c2c37)C1=O)c64)C(=O)N(CCCC)C5=O. The molecule has 2 heterocycles. The number of carbonyl (C=O) groups excluding carboxylic acids is 4. The molecule has 0 saturated heterocycles. The van der Waals surface area contributed by atoms with E-state index in [0.717, 1.165) is 66.9 Å².